The Morgan fingerprint density at radius 1 is 1.04 bits per heavy atom. The minimum atomic E-state index is -0.0964. The van der Waals surface area contributed by atoms with E-state index >= 15 is 0 Å². The Balaban J connectivity index is 1.38. The Morgan fingerprint density at radius 3 is 2.67 bits per heavy atom. The predicted molar refractivity (Wildman–Crippen MR) is 100.0 cm³/mol. The van der Waals surface area contributed by atoms with Gasteiger partial charge in [0.2, 0.25) is 0 Å². The molecule has 0 radical (unpaired) electrons. The molecular weight excluding hydrogens is 342 g/mol. The molecule has 1 aliphatic heterocycles. The number of rotatable bonds is 5. The molecule has 2 fully saturated rings. The number of imidazole rings is 1. The van der Waals surface area contributed by atoms with Gasteiger partial charge in [0.25, 0.3) is 5.56 Å². The molecule has 27 heavy (non-hydrogen) atoms. The van der Waals surface area contributed by atoms with Crippen LogP contribution < -0.4 is 10.5 Å². The summed E-state index contributed by atoms with van der Waals surface area (Å²) in [6, 6.07) is 7.63. The normalized spacial score (nSPS) is 19.6. The summed E-state index contributed by atoms with van der Waals surface area (Å²) in [4.78, 5) is 18.6. The van der Waals surface area contributed by atoms with Gasteiger partial charge in [-0.2, -0.15) is 10.2 Å². The maximum Gasteiger partial charge on any atom is 0.266 e. The molecule has 1 aliphatic carbocycles. The summed E-state index contributed by atoms with van der Waals surface area (Å²) in [7, 11) is 0. The molecule has 0 spiro atoms. The van der Waals surface area contributed by atoms with Crippen LogP contribution in [0.3, 0.4) is 0 Å². The Hall–Kier alpha value is -3.03. The van der Waals surface area contributed by atoms with Crippen molar-refractivity contribution in [2.75, 3.05) is 11.4 Å². The number of nitrogens with zero attached hydrogens (tertiary/aromatic N) is 7. The molecule has 5 rings (SSSR count). The second-order valence-electron chi connectivity index (χ2n) is 7.26. The van der Waals surface area contributed by atoms with Gasteiger partial charge in [0.05, 0.1) is 18.3 Å². The van der Waals surface area contributed by atoms with E-state index in [1.807, 2.05) is 6.20 Å². The fraction of sp³-hybridized carbons (Fsp3) is 0.421. The largest absolute Gasteiger partial charge is 0.350 e. The van der Waals surface area contributed by atoms with Gasteiger partial charge in [0.1, 0.15) is 6.33 Å². The highest BCUT2D eigenvalue weighted by Gasteiger charge is 2.29. The molecule has 1 unspecified atom stereocenters. The van der Waals surface area contributed by atoms with Crippen molar-refractivity contribution in [3.05, 3.63) is 59.0 Å². The van der Waals surface area contributed by atoms with Crippen LogP contribution in [0, 0.1) is 0 Å². The highest BCUT2D eigenvalue weighted by Crippen LogP contribution is 2.39. The first-order valence-corrected chi connectivity index (χ1v) is 9.45. The van der Waals surface area contributed by atoms with Crippen LogP contribution in [0.15, 0.2) is 47.8 Å². The molecule has 0 bridgehead atoms. The molecule has 0 aromatic carbocycles. The molecule has 1 saturated carbocycles. The third-order valence-electron chi connectivity index (χ3n) is 5.34. The van der Waals surface area contributed by atoms with Crippen molar-refractivity contribution in [3.63, 3.8) is 0 Å². The SMILES string of the molecule is O=c1ccc(-n2ccnc2)nn1CC1CCCN1c1ccc(C2CC2)nn1. The van der Waals surface area contributed by atoms with E-state index in [1.54, 1.807) is 33.9 Å². The fourth-order valence-corrected chi connectivity index (χ4v) is 3.71. The van der Waals surface area contributed by atoms with Crippen molar-refractivity contribution in [1.82, 2.24) is 29.5 Å². The van der Waals surface area contributed by atoms with Gasteiger partial charge in [-0.1, -0.05) is 0 Å². The van der Waals surface area contributed by atoms with E-state index in [0.29, 0.717) is 18.3 Å². The second kappa shape index (κ2) is 6.61. The third kappa shape index (κ3) is 3.22. The quantitative estimate of drug-likeness (QED) is 0.687. The summed E-state index contributed by atoms with van der Waals surface area (Å²) >= 11 is 0. The van der Waals surface area contributed by atoms with Gasteiger partial charge in [0, 0.05) is 30.9 Å². The van der Waals surface area contributed by atoms with Gasteiger partial charge >= 0.3 is 0 Å². The fourth-order valence-electron chi connectivity index (χ4n) is 3.71. The zero-order valence-corrected chi connectivity index (χ0v) is 15.0. The van der Waals surface area contributed by atoms with Crippen LogP contribution in [-0.2, 0) is 6.54 Å². The highest BCUT2D eigenvalue weighted by atomic mass is 16.1. The second-order valence-corrected chi connectivity index (χ2v) is 7.26. The van der Waals surface area contributed by atoms with E-state index in [-0.39, 0.29) is 11.6 Å². The van der Waals surface area contributed by atoms with Crippen molar-refractivity contribution in [3.8, 4) is 5.82 Å². The number of hydrogen-bond donors (Lipinski definition) is 0. The van der Waals surface area contributed by atoms with Crippen molar-refractivity contribution in [2.24, 2.45) is 0 Å². The Morgan fingerprint density at radius 2 is 1.93 bits per heavy atom. The molecule has 3 aromatic rings. The smallest absolute Gasteiger partial charge is 0.266 e. The van der Waals surface area contributed by atoms with E-state index in [1.165, 1.54) is 12.8 Å². The first kappa shape index (κ1) is 16.2. The van der Waals surface area contributed by atoms with Crippen molar-refractivity contribution >= 4 is 5.82 Å². The van der Waals surface area contributed by atoms with Gasteiger partial charge < -0.3 is 4.90 Å². The van der Waals surface area contributed by atoms with Gasteiger partial charge in [-0.25, -0.2) is 9.67 Å². The molecule has 3 aromatic heterocycles. The minimum Gasteiger partial charge on any atom is -0.350 e. The van der Waals surface area contributed by atoms with Gasteiger partial charge in [-0.05, 0) is 43.9 Å². The lowest BCUT2D eigenvalue weighted by atomic mass is 10.2. The molecule has 1 saturated heterocycles. The first-order valence-electron chi connectivity index (χ1n) is 9.45. The van der Waals surface area contributed by atoms with Crippen LogP contribution >= 0.6 is 0 Å². The Labute approximate surface area is 156 Å². The van der Waals surface area contributed by atoms with Crippen molar-refractivity contribution in [2.45, 2.75) is 44.2 Å². The Bertz CT molecular complexity index is 976. The number of anilines is 1. The number of aromatic nitrogens is 6. The number of hydrogen-bond acceptors (Lipinski definition) is 6. The summed E-state index contributed by atoms with van der Waals surface area (Å²) in [6.07, 6.45) is 9.72. The van der Waals surface area contributed by atoms with Crippen LogP contribution in [0.25, 0.3) is 5.82 Å². The zero-order chi connectivity index (χ0) is 18.2. The summed E-state index contributed by atoms with van der Waals surface area (Å²) in [5, 5.41) is 13.4. The van der Waals surface area contributed by atoms with E-state index in [4.69, 9.17) is 0 Å². The van der Waals surface area contributed by atoms with Crippen LogP contribution in [0.4, 0.5) is 5.82 Å². The third-order valence-corrected chi connectivity index (χ3v) is 5.34. The molecule has 4 heterocycles. The van der Waals surface area contributed by atoms with Crippen LogP contribution in [0.5, 0.6) is 0 Å². The predicted octanol–water partition coefficient (Wildman–Crippen LogP) is 1.77. The molecule has 1 atom stereocenters. The standard InChI is InChI=1S/C19H21N7O/c27-19-8-7-18(24-11-9-20-13-24)23-26(19)12-15-2-1-10-25(15)17-6-5-16(21-22-17)14-3-4-14/h5-9,11,13-15H,1-4,10,12H2. The average molecular weight is 363 g/mol. The monoisotopic (exact) mass is 363 g/mol. The summed E-state index contributed by atoms with van der Waals surface area (Å²) < 4.78 is 3.34. The lowest BCUT2D eigenvalue weighted by Crippen LogP contribution is -2.37. The van der Waals surface area contributed by atoms with E-state index < -0.39 is 0 Å². The molecule has 138 valence electrons. The Kier molecular flexibility index (Phi) is 3.95. The van der Waals surface area contributed by atoms with E-state index in [9.17, 15) is 4.79 Å². The highest BCUT2D eigenvalue weighted by molar-refractivity contribution is 5.40. The lowest BCUT2D eigenvalue weighted by molar-refractivity contribution is 0.483. The molecule has 8 heteroatoms. The van der Waals surface area contributed by atoms with Crippen molar-refractivity contribution in [1.29, 1.82) is 0 Å². The zero-order valence-electron chi connectivity index (χ0n) is 15.0. The summed E-state index contributed by atoms with van der Waals surface area (Å²) in [6.45, 7) is 1.46. The molecule has 0 amide bonds. The van der Waals surface area contributed by atoms with Gasteiger partial charge in [0.15, 0.2) is 11.6 Å². The molecule has 0 N–H and O–H groups in total. The van der Waals surface area contributed by atoms with Gasteiger partial charge in [-0.3, -0.25) is 9.36 Å². The summed E-state index contributed by atoms with van der Waals surface area (Å²) in [5.74, 6) is 2.18. The molecule has 2 aliphatic rings. The first-order chi connectivity index (χ1) is 13.3. The van der Waals surface area contributed by atoms with Crippen molar-refractivity contribution < 1.29 is 0 Å². The van der Waals surface area contributed by atoms with Crippen LogP contribution in [0.1, 0.15) is 37.3 Å². The van der Waals surface area contributed by atoms with Gasteiger partial charge in [-0.15, -0.1) is 5.10 Å². The maximum atomic E-state index is 12.3. The lowest BCUT2D eigenvalue weighted by Gasteiger charge is -2.25. The average Bonchev–Trinajstić information content (AvgIpc) is 3.20. The molecular formula is C19H21N7O. The summed E-state index contributed by atoms with van der Waals surface area (Å²) in [5.41, 5.74) is 1.00. The molecule has 8 nitrogen and oxygen atoms in total. The minimum absolute atomic E-state index is 0.0964. The van der Waals surface area contributed by atoms with E-state index in [0.717, 1.165) is 30.9 Å². The maximum absolute atomic E-state index is 12.3. The topological polar surface area (TPSA) is 81.7 Å². The van der Waals surface area contributed by atoms with Crippen LogP contribution in [0.2, 0.25) is 0 Å². The van der Waals surface area contributed by atoms with Crippen LogP contribution in [-0.4, -0.2) is 42.1 Å². The van der Waals surface area contributed by atoms with E-state index in [2.05, 4.69) is 37.3 Å².